The Bertz CT molecular complexity index is 498. The Kier molecular flexibility index (Phi) is 5.52. The summed E-state index contributed by atoms with van der Waals surface area (Å²) in [5, 5.41) is 20.3. The molecule has 0 aliphatic carbocycles. The molecule has 0 aliphatic rings. The van der Waals surface area contributed by atoms with Gasteiger partial charge in [0.05, 0.1) is 6.10 Å². The molecule has 0 fully saturated rings. The summed E-state index contributed by atoms with van der Waals surface area (Å²) in [6.45, 7) is 4.74. The normalized spacial score (nSPS) is 13.4. The lowest BCUT2D eigenvalue weighted by molar-refractivity contribution is -0.145. The number of carbonyl (C=O) groups excluding carboxylic acids is 1. The molecule has 1 amide bonds. The Morgan fingerprint density at radius 3 is 2.55 bits per heavy atom. The minimum absolute atomic E-state index is 0.305. The molecule has 6 nitrogen and oxygen atoms in total. The van der Waals surface area contributed by atoms with Gasteiger partial charge in [-0.3, -0.25) is 4.79 Å². The fourth-order valence-corrected chi connectivity index (χ4v) is 1.61. The van der Waals surface area contributed by atoms with Crippen molar-refractivity contribution in [3.8, 4) is 5.75 Å². The standard InChI is InChI=1S/C14H19NO5/c1-8-4-5-9(2)11(6-8)20-7-12(17)15-13(10(3)16)14(18)19/h4-6,10,13,16H,7H2,1-3H3,(H,15,17)(H,18,19)/t10-,13+/m1/s1. The third kappa shape index (κ3) is 4.55. The topological polar surface area (TPSA) is 95.9 Å². The number of carboxylic acids is 1. The summed E-state index contributed by atoms with van der Waals surface area (Å²) in [6, 6.07) is 4.25. The molecule has 6 heteroatoms. The van der Waals surface area contributed by atoms with E-state index in [0.29, 0.717) is 5.75 Å². The number of hydrogen-bond donors (Lipinski definition) is 3. The van der Waals surface area contributed by atoms with E-state index in [1.807, 2.05) is 26.0 Å². The van der Waals surface area contributed by atoms with E-state index >= 15 is 0 Å². The zero-order valence-electron chi connectivity index (χ0n) is 11.7. The zero-order valence-corrected chi connectivity index (χ0v) is 11.7. The second kappa shape index (κ2) is 6.91. The van der Waals surface area contributed by atoms with Crippen molar-refractivity contribution in [1.29, 1.82) is 0 Å². The van der Waals surface area contributed by atoms with Gasteiger partial charge in [0.2, 0.25) is 0 Å². The molecule has 0 aromatic heterocycles. The third-order valence-electron chi connectivity index (χ3n) is 2.77. The van der Waals surface area contributed by atoms with E-state index in [0.717, 1.165) is 11.1 Å². The summed E-state index contributed by atoms with van der Waals surface area (Å²) < 4.78 is 5.35. The molecule has 0 bridgehead atoms. The Labute approximate surface area is 117 Å². The summed E-state index contributed by atoms with van der Waals surface area (Å²) in [7, 11) is 0. The molecular formula is C14H19NO5. The predicted molar refractivity (Wildman–Crippen MR) is 72.7 cm³/mol. The molecule has 1 rings (SSSR count). The van der Waals surface area contributed by atoms with Crippen molar-refractivity contribution in [2.24, 2.45) is 0 Å². The first kappa shape index (κ1) is 16.0. The molecule has 0 unspecified atom stereocenters. The third-order valence-corrected chi connectivity index (χ3v) is 2.77. The van der Waals surface area contributed by atoms with Gasteiger partial charge in [-0.1, -0.05) is 12.1 Å². The molecule has 1 aromatic rings. The highest BCUT2D eigenvalue weighted by atomic mass is 16.5. The van der Waals surface area contributed by atoms with Crippen LogP contribution in [0.15, 0.2) is 18.2 Å². The fourth-order valence-electron chi connectivity index (χ4n) is 1.61. The lowest BCUT2D eigenvalue weighted by atomic mass is 10.1. The van der Waals surface area contributed by atoms with E-state index in [1.54, 1.807) is 6.07 Å². The Hall–Kier alpha value is -2.08. The molecule has 0 aliphatic heterocycles. The van der Waals surface area contributed by atoms with Crippen LogP contribution in [0.2, 0.25) is 0 Å². The van der Waals surface area contributed by atoms with Gasteiger partial charge in [0, 0.05) is 0 Å². The van der Waals surface area contributed by atoms with Gasteiger partial charge in [0.25, 0.3) is 5.91 Å². The van der Waals surface area contributed by atoms with E-state index < -0.39 is 24.0 Å². The molecule has 20 heavy (non-hydrogen) atoms. The molecule has 1 aromatic carbocycles. The molecule has 0 spiro atoms. The molecule has 0 heterocycles. The molecule has 0 saturated heterocycles. The van der Waals surface area contributed by atoms with Crippen LogP contribution in [0.3, 0.4) is 0 Å². The minimum Gasteiger partial charge on any atom is -0.483 e. The largest absolute Gasteiger partial charge is 0.483 e. The first-order chi connectivity index (χ1) is 9.31. The van der Waals surface area contributed by atoms with E-state index in [-0.39, 0.29) is 6.61 Å². The average molecular weight is 281 g/mol. The maximum atomic E-state index is 11.6. The van der Waals surface area contributed by atoms with Crippen LogP contribution in [0.1, 0.15) is 18.1 Å². The number of carbonyl (C=O) groups is 2. The average Bonchev–Trinajstić information content (AvgIpc) is 2.36. The predicted octanol–water partition coefficient (Wildman–Crippen LogP) is 0.632. The van der Waals surface area contributed by atoms with Crippen LogP contribution in [0.4, 0.5) is 0 Å². The van der Waals surface area contributed by atoms with Gasteiger partial charge in [0.15, 0.2) is 12.6 Å². The van der Waals surface area contributed by atoms with Crippen LogP contribution < -0.4 is 10.1 Å². The lowest BCUT2D eigenvalue weighted by Gasteiger charge is -2.17. The summed E-state index contributed by atoms with van der Waals surface area (Å²) in [4.78, 5) is 22.5. The monoisotopic (exact) mass is 281 g/mol. The molecule has 110 valence electrons. The van der Waals surface area contributed by atoms with Crippen LogP contribution in [0.5, 0.6) is 5.75 Å². The van der Waals surface area contributed by atoms with Gasteiger partial charge in [0.1, 0.15) is 5.75 Å². The molecule has 2 atom stereocenters. The van der Waals surface area contributed by atoms with Crippen LogP contribution in [-0.4, -0.2) is 40.8 Å². The van der Waals surface area contributed by atoms with Gasteiger partial charge in [-0.2, -0.15) is 0 Å². The quantitative estimate of drug-likeness (QED) is 0.711. The van der Waals surface area contributed by atoms with E-state index in [2.05, 4.69) is 5.32 Å². The van der Waals surface area contributed by atoms with Crippen molar-refractivity contribution in [3.63, 3.8) is 0 Å². The number of aryl methyl sites for hydroxylation is 2. The molecule has 0 radical (unpaired) electrons. The summed E-state index contributed by atoms with van der Waals surface area (Å²) >= 11 is 0. The van der Waals surface area contributed by atoms with Crippen molar-refractivity contribution in [2.75, 3.05) is 6.61 Å². The Morgan fingerprint density at radius 2 is 2.00 bits per heavy atom. The number of rotatable bonds is 6. The smallest absolute Gasteiger partial charge is 0.328 e. The lowest BCUT2D eigenvalue weighted by Crippen LogP contribution is -2.49. The number of hydrogen-bond acceptors (Lipinski definition) is 4. The summed E-state index contributed by atoms with van der Waals surface area (Å²) in [6.07, 6.45) is -1.18. The highest BCUT2D eigenvalue weighted by molar-refractivity contribution is 5.84. The highest BCUT2D eigenvalue weighted by Crippen LogP contribution is 2.18. The maximum absolute atomic E-state index is 11.6. The van der Waals surface area contributed by atoms with Crippen LogP contribution in [0.25, 0.3) is 0 Å². The van der Waals surface area contributed by atoms with Gasteiger partial charge in [-0.05, 0) is 38.0 Å². The van der Waals surface area contributed by atoms with Crippen LogP contribution in [0, 0.1) is 13.8 Å². The van der Waals surface area contributed by atoms with Crippen LogP contribution >= 0.6 is 0 Å². The SMILES string of the molecule is Cc1ccc(C)c(OCC(=O)N[C@H](C(=O)O)[C@@H](C)O)c1. The molecule has 3 N–H and O–H groups in total. The minimum atomic E-state index is -1.34. The number of nitrogens with one attached hydrogen (secondary N) is 1. The second-order valence-electron chi connectivity index (χ2n) is 4.68. The van der Waals surface area contributed by atoms with Gasteiger partial charge >= 0.3 is 5.97 Å². The van der Waals surface area contributed by atoms with E-state index in [4.69, 9.17) is 9.84 Å². The fraction of sp³-hybridized carbons (Fsp3) is 0.429. The highest BCUT2D eigenvalue weighted by Gasteiger charge is 2.25. The van der Waals surface area contributed by atoms with Crippen molar-refractivity contribution >= 4 is 11.9 Å². The first-order valence-corrected chi connectivity index (χ1v) is 6.21. The van der Waals surface area contributed by atoms with E-state index in [9.17, 15) is 14.7 Å². The summed E-state index contributed by atoms with van der Waals surface area (Å²) in [5.74, 6) is -1.32. The zero-order chi connectivity index (χ0) is 15.3. The van der Waals surface area contributed by atoms with Crippen molar-refractivity contribution < 1.29 is 24.5 Å². The van der Waals surface area contributed by atoms with Crippen LogP contribution in [-0.2, 0) is 9.59 Å². The Morgan fingerprint density at radius 1 is 1.35 bits per heavy atom. The number of ether oxygens (including phenoxy) is 1. The number of aliphatic hydroxyl groups is 1. The number of aliphatic carboxylic acids is 1. The van der Waals surface area contributed by atoms with E-state index in [1.165, 1.54) is 6.92 Å². The first-order valence-electron chi connectivity index (χ1n) is 6.21. The number of carboxylic acid groups (broad SMARTS) is 1. The number of benzene rings is 1. The van der Waals surface area contributed by atoms with Gasteiger partial charge in [-0.15, -0.1) is 0 Å². The second-order valence-corrected chi connectivity index (χ2v) is 4.68. The summed E-state index contributed by atoms with van der Waals surface area (Å²) in [5.41, 5.74) is 1.88. The van der Waals surface area contributed by atoms with Crippen molar-refractivity contribution in [2.45, 2.75) is 32.9 Å². The molecular weight excluding hydrogens is 262 g/mol. The Balaban J connectivity index is 2.59. The number of aliphatic hydroxyl groups excluding tert-OH is 1. The van der Waals surface area contributed by atoms with Crippen molar-refractivity contribution in [1.82, 2.24) is 5.32 Å². The number of amides is 1. The molecule has 0 saturated carbocycles. The van der Waals surface area contributed by atoms with Gasteiger partial charge < -0.3 is 20.3 Å². The maximum Gasteiger partial charge on any atom is 0.328 e. The van der Waals surface area contributed by atoms with Gasteiger partial charge in [-0.25, -0.2) is 4.79 Å². The van der Waals surface area contributed by atoms with Crippen molar-refractivity contribution in [3.05, 3.63) is 29.3 Å².